The largest absolute Gasteiger partial charge is 0.326 e. The zero-order valence-electron chi connectivity index (χ0n) is 16.3. The van der Waals surface area contributed by atoms with Gasteiger partial charge in [-0.1, -0.05) is 31.4 Å². The Hall–Kier alpha value is -3.64. The van der Waals surface area contributed by atoms with Gasteiger partial charge in [-0.05, 0) is 49.2 Å². The molecule has 0 aliphatic carbocycles. The van der Waals surface area contributed by atoms with E-state index >= 15 is 0 Å². The van der Waals surface area contributed by atoms with E-state index in [0.717, 1.165) is 32.1 Å². The van der Waals surface area contributed by atoms with Crippen LogP contribution in [0.5, 0.6) is 0 Å². The van der Waals surface area contributed by atoms with E-state index in [1.807, 2.05) is 12.1 Å². The van der Waals surface area contributed by atoms with Crippen molar-refractivity contribution in [2.75, 3.05) is 10.6 Å². The summed E-state index contributed by atoms with van der Waals surface area (Å²) in [6.45, 7) is 0. The van der Waals surface area contributed by atoms with Gasteiger partial charge in [0.1, 0.15) is 0 Å². The summed E-state index contributed by atoms with van der Waals surface area (Å²) >= 11 is 0. The van der Waals surface area contributed by atoms with Crippen molar-refractivity contribution in [2.45, 2.75) is 44.9 Å². The Morgan fingerprint density at radius 1 is 0.690 bits per heavy atom. The van der Waals surface area contributed by atoms with Crippen LogP contribution in [0, 0.1) is 22.7 Å². The lowest BCUT2D eigenvalue weighted by Gasteiger charge is -2.06. The van der Waals surface area contributed by atoms with Gasteiger partial charge in [-0.15, -0.1) is 0 Å². The van der Waals surface area contributed by atoms with Crippen molar-refractivity contribution in [3.63, 3.8) is 0 Å². The number of anilines is 2. The van der Waals surface area contributed by atoms with Crippen LogP contribution in [-0.4, -0.2) is 11.8 Å². The van der Waals surface area contributed by atoms with E-state index in [1.165, 1.54) is 0 Å². The van der Waals surface area contributed by atoms with Gasteiger partial charge in [-0.2, -0.15) is 10.5 Å². The number of carbonyl (C=O) groups excluding carboxylic acids is 2. The summed E-state index contributed by atoms with van der Waals surface area (Å²) < 4.78 is 0. The highest BCUT2D eigenvalue weighted by atomic mass is 16.2. The lowest BCUT2D eigenvalue weighted by atomic mass is 10.1. The number of rotatable bonds is 10. The predicted octanol–water partition coefficient (Wildman–Crippen LogP) is 4.74. The minimum Gasteiger partial charge on any atom is -0.326 e. The number of unbranched alkanes of at least 4 members (excludes halogenated alkanes) is 4. The van der Waals surface area contributed by atoms with Crippen molar-refractivity contribution in [2.24, 2.45) is 0 Å². The van der Waals surface area contributed by atoms with Crippen LogP contribution in [0.15, 0.2) is 48.5 Å². The maximum absolute atomic E-state index is 11.9. The van der Waals surface area contributed by atoms with E-state index in [0.29, 0.717) is 35.3 Å². The Balaban J connectivity index is 1.54. The van der Waals surface area contributed by atoms with E-state index in [9.17, 15) is 9.59 Å². The topological polar surface area (TPSA) is 106 Å². The lowest BCUT2D eigenvalue weighted by molar-refractivity contribution is -0.117. The molecule has 2 aromatic carbocycles. The summed E-state index contributed by atoms with van der Waals surface area (Å²) in [6, 6.07) is 17.8. The van der Waals surface area contributed by atoms with Gasteiger partial charge in [0.2, 0.25) is 11.8 Å². The molecule has 0 saturated carbocycles. The molecule has 29 heavy (non-hydrogen) atoms. The van der Waals surface area contributed by atoms with Crippen molar-refractivity contribution < 1.29 is 9.59 Å². The fourth-order valence-corrected chi connectivity index (χ4v) is 2.88. The van der Waals surface area contributed by atoms with Crippen molar-refractivity contribution in [3.8, 4) is 12.1 Å². The summed E-state index contributed by atoms with van der Waals surface area (Å²) in [4.78, 5) is 23.9. The Bertz CT molecular complexity index is 849. The lowest BCUT2D eigenvalue weighted by Crippen LogP contribution is -2.11. The van der Waals surface area contributed by atoms with Crippen molar-refractivity contribution in [3.05, 3.63) is 59.7 Å². The average molecular weight is 388 g/mol. The molecule has 6 heteroatoms. The minimum absolute atomic E-state index is 0.0564. The minimum atomic E-state index is -0.0564. The zero-order chi connectivity index (χ0) is 20.9. The van der Waals surface area contributed by atoms with Gasteiger partial charge in [-0.3, -0.25) is 9.59 Å². The molecule has 2 aromatic rings. The molecule has 0 aromatic heterocycles. The molecule has 0 bridgehead atoms. The summed E-state index contributed by atoms with van der Waals surface area (Å²) in [7, 11) is 0. The Morgan fingerprint density at radius 3 is 1.52 bits per heavy atom. The maximum atomic E-state index is 11.9. The Morgan fingerprint density at radius 2 is 1.10 bits per heavy atom. The van der Waals surface area contributed by atoms with Gasteiger partial charge in [0.25, 0.3) is 0 Å². The third-order valence-electron chi connectivity index (χ3n) is 4.36. The molecule has 0 atom stereocenters. The number of amides is 2. The Kier molecular flexibility index (Phi) is 8.92. The number of carbonyl (C=O) groups is 2. The highest BCUT2D eigenvalue weighted by Gasteiger charge is 2.05. The molecule has 2 N–H and O–H groups in total. The first-order chi connectivity index (χ1) is 14.1. The standard InChI is InChI=1S/C23H24N4O2/c24-16-18-8-6-10-20(14-18)26-22(28)12-4-2-1-3-5-13-23(29)27-21-11-7-9-19(15-21)17-25/h6-11,14-15H,1-5,12-13H2,(H,26,28)(H,27,29). The van der Waals surface area contributed by atoms with Crippen molar-refractivity contribution in [1.82, 2.24) is 0 Å². The monoisotopic (exact) mass is 388 g/mol. The first-order valence-corrected chi connectivity index (χ1v) is 9.71. The quantitative estimate of drug-likeness (QED) is 0.573. The van der Waals surface area contributed by atoms with Crippen LogP contribution >= 0.6 is 0 Å². The first-order valence-electron chi connectivity index (χ1n) is 9.71. The molecule has 2 amide bonds. The molecule has 0 aliphatic rings. The summed E-state index contributed by atoms with van der Waals surface area (Å²) in [5.74, 6) is -0.113. The summed E-state index contributed by atoms with van der Waals surface area (Å²) in [6.07, 6.45) is 5.27. The van der Waals surface area contributed by atoms with Crippen molar-refractivity contribution >= 4 is 23.2 Å². The number of benzene rings is 2. The zero-order valence-corrected chi connectivity index (χ0v) is 16.3. The van der Waals surface area contributed by atoms with Gasteiger partial charge in [-0.25, -0.2) is 0 Å². The molecule has 2 rings (SSSR count). The summed E-state index contributed by atoms with van der Waals surface area (Å²) in [5.41, 5.74) is 2.31. The number of hydrogen-bond acceptors (Lipinski definition) is 4. The SMILES string of the molecule is N#Cc1cccc(NC(=O)CCCCCCCC(=O)Nc2cccc(C#N)c2)c1. The van der Waals surface area contributed by atoms with E-state index in [4.69, 9.17) is 10.5 Å². The maximum Gasteiger partial charge on any atom is 0.224 e. The van der Waals surface area contributed by atoms with Crippen LogP contribution in [-0.2, 0) is 9.59 Å². The molecular weight excluding hydrogens is 364 g/mol. The smallest absolute Gasteiger partial charge is 0.224 e. The van der Waals surface area contributed by atoms with E-state index in [1.54, 1.807) is 48.5 Å². The second-order valence-corrected chi connectivity index (χ2v) is 6.75. The van der Waals surface area contributed by atoms with Crippen molar-refractivity contribution in [1.29, 1.82) is 10.5 Å². The molecular formula is C23H24N4O2. The number of hydrogen-bond donors (Lipinski definition) is 2. The third-order valence-corrected chi connectivity index (χ3v) is 4.36. The highest BCUT2D eigenvalue weighted by molar-refractivity contribution is 5.91. The predicted molar refractivity (Wildman–Crippen MR) is 112 cm³/mol. The molecule has 0 saturated heterocycles. The number of nitrogens with zero attached hydrogens (tertiary/aromatic N) is 2. The number of nitrogens with one attached hydrogen (secondary N) is 2. The van der Waals surface area contributed by atoms with Crippen LogP contribution in [0.3, 0.4) is 0 Å². The van der Waals surface area contributed by atoms with E-state index in [2.05, 4.69) is 10.6 Å². The molecule has 0 fully saturated rings. The van der Waals surface area contributed by atoms with Gasteiger partial charge < -0.3 is 10.6 Å². The molecule has 0 radical (unpaired) electrons. The van der Waals surface area contributed by atoms with Crippen LogP contribution in [0.25, 0.3) is 0 Å². The van der Waals surface area contributed by atoms with E-state index in [-0.39, 0.29) is 11.8 Å². The fraction of sp³-hybridized carbons (Fsp3) is 0.304. The van der Waals surface area contributed by atoms with Crippen LogP contribution < -0.4 is 10.6 Å². The normalized spacial score (nSPS) is 9.86. The molecule has 0 aliphatic heterocycles. The number of nitriles is 2. The molecule has 0 spiro atoms. The second kappa shape index (κ2) is 11.9. The van der Waals surface area contributed by atoms with Gasteiger partial charge in [0.05, 0.1) is 23.3 Å². The van der Waals surface area contributed by atoms with E-state index < -0.39 is 0 Å². The molecule has 148 valence electrons. The fourth-order valence-electron chi connectivity index (χ4n) is 2.88. The molecule has 0 unspecified atom stereocenters. The molecule has 6 nitrogen and oxygen atoms in total. The first kappa shape index (κ1) is 21.7. The average Bonchev–Trinajstić information content (AvgIpc) is 2.73. The van der Waals surface area contributed by atoms with Gasteiger partial charge >= 0.3 is 0 Å². The third kappa shape index (κ3) is 8.28. The highest BCUT2D eigenvalue weighted by Crippen LogP contribution is 2.13. The van der Waals surface area contributed by atoms with Gasteiger partial charge in [0.15, 0.2) is 0 Å². The summed E-state index contributed by atoms with van der Waals surface area (Å²) in [5, 5.41) is 23.3. The van der Waals surface area contributed by atoms with Crippen LogP contribution in [0.1, 0.15) is 56.1 Å². The van der Waals surface area contributed by atoms with Crippen LogP contribution in [0.4, 0.5) is 11.4 Å². The molecule has 0 heterocycles. The van der Waals surface area contributed by atoms with Gasteiger partial charge in [0, 0.05) is 24.2 Å². The second-order valence-electron chi connectivity index (χ2n) is 6.75. The van der Waals surface area contributed by atoms with Crippen LogP contribution in [0.2, 0.25) is 0 Å². The Labute approximate surface area is 171 Å².